The molecule has 1 aliphatic rings. The van der Waals surface area contributed by atoms with Crippen LogP contribution < -0.4 is 5.32 Å². The van der Waals surface area contributed by atoms with Gasteiger partial charge in [0.05, 0.1) is 17.4 Å². The van der Waals surface area contributed by atoms with Crippen molar-refractivity contribution in [1.29, 1.82) is 0 Å². The van der Waals surface area contributed by atoms with Gasteiger partial charge >= 0.3 is 0 Å². The summed E-state index contributed by atoms with van der Waals surface area (Å²) in [6, 6.07) is 16.1. The number of piperidine rings is 1. The number of nitrogens with one attached hydrogen (secondary N) is 1. The fourth-order valence-electron chi connectivity index (χ4n) is 3.73. The van der Waals surface area contributed by atoms with E-state index in [1.807, 2.05) is 24.3 Å². The molecule has 4 rings (SSSR count). The maximum absolute atomic E-state index is 12.6. The third-order valence-corrected chi connectivity index (χ3v) is 5.73. The van der Waals surface area contributed by atoms with E-state index in [1.165, 1.54) is 11.1 Å². The Morgan fingerprint density at radius 3 is 2.72 bits per heavy atom. The molecule has 1 N–H and O–H groups in total. The molecule has 0 spiro atoms. The van der Waals surface area contributed by atoms with E-state index >= 15 is 0 Å². The van der Waals surface area contributed by atoms with Gasteiger partial charge in [0.1, 0.15) is 0 Å². The summed E-state index contributed by atoms with van der Waals surface area (Å²) < 4.78 is 1.67. The van der Waals surface area contributed by atoms with Crippen molar-refractivity contribution >= 4 is 17.5 Å². The molecule has 0 unspecified atom stereocenters. The number of hydrogen-bond donors (Lipinski definition) is 1. The molecule has 6 heteroatoms. The van der Waals surface area contributed by atoms with Gasteiger partial charge in [-0.2, -0.15) is 5.10 Å². The number of likely N-dealkylation sites (tertiary alicyclic amines) is 1. The van der Waals surface area contributed by atoms with Crippen LogP contribution in [0.25, 0.3) is 5.69 Å². The summed E-state index contributed by atoms with van der Waals surface area (Å²) in [6.07, 6.45) is 5.26. The van der Waals surface area contributed by atoms with Crippen molar-refractivity contribution in [1.82, 2.24) is 20.0 Å². The molecule has 0 radical (unpaired) electrons. The van der Waals surface area contributed by atoms with Gasteiger partial charge in [-0.3, -0.25) is 9.69 Å². The molecular formula is C23H25ClN4O. The molecule has 2 aromatic carbocycles. The maximum Gasteiger partial charge on any atom is 0.254 e. The fourth-order valence-corrected chi connectivity index (χ4v) is 3.92. The van der Waals surface area contributed by atoms with Crippen LogP contribution in [0.15, 0.2) is 60.9 Å². The Balaban J connectivity index is 1.31. The van der Waals surface area contributed by atoms with E-state index in [0.717, 1.165) is 38.2 Å². The molecule has 2 heterocycles. The lowest BCUT2D eigenvalue weighted by molar-refractivity contribution is 0.0909. The molecule has 0 aliphatic carbocycles. The molecule has 0 atom stereocenters. The molecule has 0 bridgehead atoms. The zero-order valence-electron chi connectivity index (χ0n) is 16.5. The number of benzene rings is 2. The van der Waals surface area contributed by atoms with Crippen LogP contribution in [-0.4, -0.2) is 39.7 Å². The topological polar surface area (TPSA) is 50.2 Å². The lowest BCUT2D eigenvalue weighted by atomic mass is 10.0. The molecule has 29 heavy (non-hydrogen) atoms. The molecule has 1 aromatic heterocycles. The van der Waals surface area contributed by atoms with Crippen LogP contribution in [0, 0.1) is 6.92 Å². The zero-order chi connectivity index (χ0) is 20.2. The Morgan fingerprint density at radius 1 is 1.17 bits per heavy atom. The number of hydrogen-bond acceptors (Lipinski definition) is 3. The zero-order valence-corrected chi connectivity index (χ0v) is 17.3. The third-order valence-electron chi connectivity index (χ3n) is 5.50. The van der Waals surface area contributed by atoms with Crippen molar-refractivity contribution in [2.24, 2.45) is 0 Å². The highest BCUT2D eigenvalue weighted by Crippen LogP contribution is 2.17. The summed E-state index contributed by atoms with van der Waals surface area (Å²) in [5.41, 5.74) is 4.11. The van der Waals surface area contributed by atoms with E-state index in [0.29, 0.717) is 10.6 Å². The predicted molar refractivity (Wildman–Crippen MR) is 116 cm³/mol. The van der Waals surface area contributed by atoms with Gasteiger partial charge in [-0.15, -0.1) is 0 Å². The van der Waals surface area contributed by atoms with Crippen LogP contribution in [0.2, 0.25) is 5.02 Å². The lowest BCUT2D eigenvalue weighted by Crippen LogP contribution is -2.44. The van der Waals surface area contributed by atoms with Gasteiger partial charge in [0.25, 0.3) is 5.91 Å². The van der Waals surface area contributed by atoms with Crippen molar-refractivity contribution in [3.63, 3.8) is 0 Å². The minimum atomic E-state index is -0.0735. The Kier molecular flexibility index (Phi) is 5.97. The second-order valence-corrected chi connectivity index (χ2v) is 8.04. The van der Waals surface area contributed by atoms with E-state index in [-0.39, 0.29) is 11.9 Å². The van der Waals surface area contributed by atoms with Crippen LogP contribution in [0.1, 0.15) is 34.3 Å². The molecule has 1 fully saturated rings. The van der Waals surface area contributed by atoms with Gasteiger partial charge < -0.3 is 5.32 Å². The minimum Gasteiger partial charge on any atom is -0.349 e. The quantitative estimate of drug-likeness (QED) is 0.687. The van der Waals surface area contributed by atoms with Gasteiger partial charge in [-0.1, -0.05) is 41.9 Å². The smallest absolute Gasteiger partial charge is 0.254 e. The average Bonchev–Trinajstić information content (AvgIpc) is 3.22. The summed E-state index contributed by atoms with van der Waals surface area (Å²) in [6.45, 7) is 5.10. The summed E-state index contributed by atoms with van der Waals surface area (Å²) in [4.78, 5) is 15.1. The van der Waals surface area contributed by atoms with Crippen LogP contribution >= 0.6 is 11.6 Å². The second kappa shape index (κ2) is 8.80. The molecule has 1 saturated heterocycles. The lowest BCUT2D eigenvalue weighted by Gasteiger charge is -2.32. The number of halogens is 1. The first-order chi connectivity index (χ1) is 14.1. The molecule has 1 amide bonds. The van der Waals surface area contributed by atoms with E-state index < -0.39 is 0 Å². The number of nitrogens with zero attached hydrogens (tertiary/aromatic N) is 3. The highest BCUT2D eigenvalue weighted by Gasteiger charge is 2.22. The summed E-state index contributed by atoms with van der Waals surface area (Å²) in [5, 5.41) is 8.10. The second-order valence-electron chi connectivity index (χ2n) is 7.60. The van der Waals surface area contributed by atoms with Crippen LogP contribution in [0.4, 0.5) is 0 Å². The fraction of sp³-hybridized carbons (Fsp3) is 0.304. The first-order valence-corrected chi connectivity index (χ1v) is 10.3. The third kappa shape index (κ3) is 4.86. The van der Waals surface area contributed by atoms with Crippen LogP contribution in [-0.2, 0) is 6.54 Å². The summed E-state index contributed by atoms with van der Waals surface area (Å²) in [7, 11) is 0. The first-order valence-electron chi connectivity index (χ1n) is 9.97. The first kappa shape index (κ1) is 19.7. The maximum atomic E-state index is 12.6. The van der Waals surface area contributed by atoms with E-state index in [9.17, 15) is 4.79 Å². The van der Waals surface area contributed by atoms with Crippen molar-refractivity contribution in [2.45, 2.75) is 32.4 Å². The largest absolute Gasteiger partial charge is 0.349 e. The number of carbonyl (C=O) groups is 1. The van der Waals surface area contributed by atoms with Crippen LogP contribution in [0.5, 0.6) is 0 Å². The Labute approximate surface area is 176 Å². The van der Waals surface area contributed by atoms with Gasteiger partial charge in [-0.05, 0) is 49.1 Å². The van der Waals surface area contributed by atoms with Crippen molar-refractivity contribution in [2.75, 3.05) is 13.1 Å². The number of aromatic nitrogens is 2. The Morgan fingerprint density at radius 2 is 1.97 bits per heavy atom. The van der Waals surface area contributed by atoms with E-state index in [1.54, 1.807) is 17.1 Å². The average molecular weight is 409 g/mol. The monoisotopic (exact) mass is 408 g/mol. The number of aryl methyl sites for hydroxylation is 1. The molecule has 1 aliphatic heterocycles. The highest BCUT2D eigenvalue weighted by molar-refractivity contribution is 6.30. The standard InChI is InChI=1S/C23H25ClN4O/c1-17-5-2-3-6-18(17)15-27-11-9-21(10-12-27)26-23(29)19-14-25-28(16-19)22-8-4-7-20(24)13-22/h2-8,13-14,16,21H,9-12,15H2,1H3,(H,26,29). The molecular weight excluding hydrogens is 384 g/mol. The van der Waals surface area contributed by atoms with Crippen molar-refractivity contribution < 1.29 is 4.79 Å². The number of rotatable bonds is 5. The minimum absolute atomic E-state index is 0.0735. The molecule has 150 valence electrons. The predicted octanol–water partition coefficient (Wildman–Crippen LogP) is 4.23. The number of amides is 1. The van der Waals surface area contributed by atoms with Gasteiger partial charge in [-0.25, -0.2) is 4.68 Å². The van der Waals surface area contributed by atoms with Gasteiger partial charge in [0.15, 0.2) is 0 Å². The van der Waals surface area contributed by atoms with Gasteiger partial charge in [0, 0.05) is 36.9 Å². The van der Waals surface area contributed by atoms with Crippen LogP contribution in [0.3, 0.4) is 0 Å². The Hall–Kier alpha value is -2.63. The normalized spacial score (nSPS) is 15.4. The SMILES string of the molecule is Cc1ccccc1CN1CCC(NC(=O)c2cnn(-c3cccc(Cl)c3)c2)CC1. The molecule has 5 nitrogen and oxygen atoms in total. The van der Waals surface area contributed by atoms with Crippen molar-refractivity contribution in [3.05, 3.63) is 82.6 Å². The van der Waals surface area contributed by atoms with Crippen molar-refractivity contribution in [3.8, 4) is 5.69 Å². The van der Waals surface area contributed by atoms with E-state index in [4.69, 9.17) is 11.6 Å². The van der Waals surface area contributed by atoms with Gasteiger partial charge in [0.2, 0.25) is 0 Å². The molecule has 0 saturated carbocycles. The van der Waals surface area contributed by atoms with E-state index in [2.05, 4.69) is 46.5 Å². The Bertz CT molecular complexity index is 992. The highest BCUT2D eigenvalue weighted by atomic mass is 35.5. The summed E-state index contributed by atoms with van der Waals surface area (Å²) >= 11 is 6.04. The number of carbonyl (C=O) groups excluding carboxylic acids is 1. The molecule has 3 aromatic rings. The summed E-state index contributed by atoms with van der Waals surface area (Å²) in [5.74, 6) is -0.0735.